The van der Waals surface area contributed by atoms with E-state index in [0.717, 1.165) is 12.8 Å². The Labute approximate surface area is 129 Å². The first-order valence-corrected chi connectivity index (χ1v) is 7.20. The standard InChI is InChI=1S/C15H17N3O2S/c1-20-13-7-3-2-6-12(13)17-14(21)11(10-16)15(19)18-8-4-5-9-18/h2-3,6-7,11H,4-5,8-9H2,1H3,(H,17,21)/t11-/m0/s1. The van der Waals surface area contributed by atoms with E-state index in [-0.39, 0.29) is 10.9 Å². The second-order valence-corrected chi connectivity index (χ2v) is 5.22. The molecule has 0 aromatic heterocycles. The van der Waals surface area contributed by atoms with Crippen LogP contribution in [0.25, 0.3) is 0 Å². The number of ether oxygens (including phenoxy) is 1. The summed E-state index contributed by atoms with van der Waals surface area (Å²) >= 11 is 5.24. The molecule has 1 N–H and O–H groups in total. The zero-order chi connectivity index (χ0) is 15.2. The summed E-state index contributed by atoms with van der Waals surface area (Å²) in [5.41, 5.74) is 0.652. The summed E-state index contributed by atoms with van der Waals surface area (Å²) in [5.74, 6) is -0.560. The predicted molar refractivity (Wildman–Crippen MR) is 84.1 cm³/mol. The Morgan fingerprint density at radius 3 is 2.71 bits per heavy atom. The molecule has 2 rings (SSSR count). The molecule has 1 amide bonds. The molecule has 0 saturated carbocycles. The molecule has 0 radical (unpaired) electrons. The Hall–Kier alpha value is -2.13. The van der Waals surface area contributed by atoms with Crippen LogP contribution >= 0.6 is 12.2 Å². The van der Waals surface area contributed by atoms with Gasteiger partial charge in [0.2, 0.25) is 5.91 Å². The SMILES string of the molecule is COc1ccccc1NC(=S)[C@H](C#N)C(=O)N1CCCC1. The lowest BCUT2D eigenvalue weighted by Crippen LogP contribution is -2.38. The van der Waals surface area contributed by atoms with Crippen LogP contribution in [-0.2, 0) is 4.79 Å². The molecule has 1 saturated heterocycles. The molecular formula is C15H17N3O2S. The summed E-state index contributed by atoms with van der Waals surface area (Å²) in [7, 11) is 1.56. The summed E-state index contributed by atoms with van der Waals surface area (Å²) < 4.78 is 5.22. The van der Waals surface area contributed by atoms with E-state index in [9.17, 15) is 10.1 Å². The number of benzene rings is 1. The summed E-state index contributed by atoms with van der Waals surface area (Å²) in [6, 6.07) is 9.25. The van der Waals surface area contributed by atoms with Crippen molar-refractivity contribution in [3.05, 3.63) is 24.3 Å². The van der Waals surface area contributed by atoms with E-state index in [2.05, 4.69) is 5.32 Å². The van der Waals surface area contributed by atoms with Gasteiger partial charge in [-0.15, -0.1) is 0 Å². The summed E-state index contributed by atoms with van der Waals surface area (Å²) in [4.78, 5) is 14.2. The number of carbonyl (C=O) groups is 1. The third-order valence-corrected chi connectivity index (χ3v) is 3.76. The number of nitrogens with one attached hydrogen (secondary N) is 1. The number of anilines is 1. The van der Waals surface area contributed by atoms with Crippen LogP contribution in [0.2, 0.25) is 0 Å². The molecule has 21 heavy (non-hydrogen) atoms. The van der Waals surface area contributed by atoms with Gasteiger partial charge in [-0.25, -0.2) is 0 Å². The van der Waals surface area contributed by atoms with E-state index >= 15 is 0 Å². The van der Waals surface area contributed by atoms with Gasteiger partial charge in [0.15, 0.2) is 5.92 Å². The summed E-state index contributed by atoms with van der Waals surface area (Å²) in [6.07, 6.45) is 1.97. The highest BCUT2D eigenvalue weighted by Gasteiger charge is 2.29. The normalized spacial score (nSPS) is 15.1. The molecule has 110 valence electrons. The van der Waals surface area contributed by atoms with E-state index in [0.29, 0.717) is 24.5 Å². The van der Waals surface area contributed by atoms with Crippen molar-refractivity contribution < 1.29 is 9.53 Å². The number of hydrogen-bond donors (Lipinski definition) is 1. The minimum absolute atomic E-state index is 0.207. The monoisotopic (exact) mass is 303 g/mol. The largest absolute Gasteiger partial charge is 0.495 e. The molecule has 1 aliphatic rings. The van der Waals surface area contributed by atoms with E-state index in [1.54, 1.807) is 24.1 Å². The van der Waals surface area contributed by atoms with Gasteiger partial charge in [-0.05, 0) is 25.0 Å². The van der Waals surface area contributed by atoms with Crippen LogP contribution in [0, 0.1) is 17.2 Å². The van der Waals surface area contributed by atoms with Crippen molar-refractivity contribution in [3.8, 4) is 11.8 Å². The number of thiocarbonyl (C=S) groups is 1. The number of likely N-dealkylation sites (tertiary alicyclic amines) is 1. The molecule has 1 heterocycles. The van der Waals surface area contributed by atoms with Crippen molar-refractivity contribution in [1.29, 1.82) is 5.26 Å². The minimum atomic E-state index is -0.956. The fraction of sp³-hybridized carbons (Fsp3) is 0.400. The quantitative estimate of drug-likeness (QED) is 0.864. The first-order valence-electron chi connectivity index (χ1n) is 6.79. The topological polar surface area (TPSA) is 65.4 Å². The van der Waals surface area contributed by atoms with Crippen LogP contribution < -0.4 is 10.1 Å². The van der Waals surface area contributed by atoms with Gasteiger partial charge >= 0.3 is 0 Å². The highest BCUT2D eigenvalue weighted by molar-refractivity contribution is 7.80. The maximum atomic E-state index is 12.3. The van der Waals surface area contributed by atoms with Gasteiger partial charge in [-0.1, -0.05) is 24.4 Å². The lowest BCUT2D eigenvalue weighted by Gasteiger charge is -2.20. The van der Waals surface area contributed by atoms with Crippen LogP contribution in [0.4, 0.5) is 5.69 Å². The molecule has 6 heteroatoms. The maximum Gasteiger partial charge on any atom is 0.246 e. The number of nitrogens with zero attached hydrogens (tertiary/aromatic N) is 2. The fourth-order valence-electron chi connectivity index (χ4n) is 2.30. The molecule has 5 nitrogen and oxygen atoms in total. The zero-order valence-corrected chi connectivity index (χ0v) is 12.7. The molecule has 0 unspecified atom stereocenters. The third-order valence-electron chi connectivity index (χ3n) is 3.42. The van der Waals surface area contributed by atoms with Gasteiger partial charge in [-0.2, -0.15) is 5.26 Å². The summed E-state index contributed by atoms with van der Waals surface area (Å²) in [6.45, 7) is 1.41. The Bertz CT molecular complexity index is 577. The molecular weight excluding hydrogens is 286 g/mol. The Kier molecular flexibility index (Phi) is 5.12. The van der Waals surface area contributed by atoms with Crippen molar-refractivity contribution in [1.82, 2.24) is 4.90 Å². The third kappa shape index (κ3) is 3.50. The smallest absolute Gasteiger partial charge is 0.246 e. The van der Waals surface area contributed by atoms with Crippen LogP contribution in [0.15, 0.2) is 24.3 Å². The molecule has 1 atom stereocenters. The highest BCUT2D eigenvalue weighted by atomic mass is 32.1. The number of hydrogen-bond acceptors (Lipinski definition) is 4. The average molecular weight is 303 g/mol. The van der Waals surface area contributed by atoms with Crippen LogP contribution in [-0.4, -0.2) is 36.0 Å². The number of nitriles is 1. The van der Waals surface area contributed by atoms with Gasteiger partial charge < -0.3 is 15.0 Å². The van der Waals surface area contributed by atoms with Gasteiger partial charge in [0.05, 0.1) is 18.9 Å². The lowest BCUT2D eigenvalue weighted by molar-refractivity contribution is -0.130. The average Bonchev–Trinajstić information content (AvgIpc) is 3.02. The Balaban J connectivity index is 2.10. The molecule has 1 aromatic carbocycles. The van der Waals surface area contributed by atoms with E-state index in [4.69, 9.17) is 17.0 Å². The van der Waals surface area contributed by atoms with Crippen molar-refractivity contribution in [3.63, 3.8) is 0 Å². The van der Waals surface area contributed by atoms with E-state index in [1.165, 1.54) is 0 Å². The number of rotatable bonds is 4. The van der Waals surface area contributed by atoms with Gasteiger partial charge in [0.1, 0.15) is 10.7 Å². The number of amides is 1. The molecule has 1 aromatic rings. The molecule has 1 fully saturated rings. The fourth-order valence-corrected chi connectivity index (χ4v) is 2.56. The molecule has 0 bridgehead atoms. The number of para-hydroxylation sites is 2. The predicted octanol–water partition coefficient (Wildman–Crippen LogP) is 2.20. The van der Waals surface area contributed by atoms with Crippen LogP contribution in [0.3, 0.4) is 0 Å². The van der Waals surface area contributed by atoms with Crippen molar-refractivity contribution >= 4 is 28.8 Å². The van der Waals surface area contributed by atoms with E-state index < -0.39 is 5.92 Å². The van der Waals surface area contributed by atoms with Crippen molar-refractivity contribution in [2.24, 2.45) is 5.92 Å². The molecule has 0 spiro atoms. The van der Waals surface area contributed by atoms with Gasteiger partial charge in [-0.3, -0.25) is 4.79 Å². The zero-order valence-electron chi connectivity index (χ0n) is 11.8. The molecule has 0 aliphatic carbocycles. The lowest BCUT2D eigenvalue weighted by atomic mass is 10.1. The Morgan fingerprint density at radius 2 is 2.10 bits per heavy atom. The van der Waals surface area contributed by atoms with Gasteiger partial charge in [0, 0.05) is 13.1 Å². The first kappa shape index (κ1) is 15.3. The van der Waals surface area contributed by atoms with Crippen molar-refractivity contribution in [2.75, 3.05) is 25.5 Å². The van der Waals surface area contributed by atoms with Gasteiger partial charge in [0.25, 0.3) is 0 Å². The number of carbonyl (C=O) groups excluding carboxylic acids is 1. The van der Waals surface area contributed by atoms with Crippen molar-refractivity contribution in [2.45, 2.75) is 12.8 Å². The highest BCUT2D eigenvalue weighted by Crippen LogP contribution is 2.24. The maximum absolute atomic E-state index is 12.3. The Morgan fingerprint density at radius 1 is 1.43 bits per heavy atom. The molecule has 1 aliphatic heterocycles. The van der Waals surface area contributed by atoms with E-state index in [1.807, 2.05) is 18.2 Å². The second kappa shape index (κ2) is 7.04. The van der Waals surface area contributed by atoms with Crippen LogP contribution in [0.5, 0.6) is 5.75 Å². The van der Waals surface area contributed by atoms with Crippen LogP contribution in [0.1, 0.15) is 12.8 Å². The number of methoxy groups -OCH3 is 1. The second-order valence-electron chi connectivity index (χ2n) is 4.78. The summed E-state index contributed by atoms with van der Waals surface area (Å²) in [5, 5.41) is 12.2. The first-order chi connectivity index (χ1) is 10.2. The minimum Gasteiger partial charge on any atom is -0.495 e.